The molecule has 0 aliphatic heterocycles. The van der Waals surface area contributed by atoms with Gasteiger partial charge in [-0.3, -0.25) is 4.79 Å². The van der Waals surface area contributed by atoms with E-state index >= 15 is 0 Å². The molecule has 0 atom stereocenters. The Hall–Kier alpha value is -1.68. The lowest BCUT2D eigenvalue weighted by atomic mass is 9.88. The van der Waals surface area contributed by atoms with Crippen LogP contribution in [0.15, 0.2) is 36.2 Å². The van der Waals surface area contributed by atoms with Crippen molar-refractivity contribution < 1.29 is 13.9 Å². The molecule has 1 rings (SSSR count). The van der Waals surface area contributed by atoms with Crippen molar-refractivity contribution in [1.29, 1.82) is 0 Å². The minimum Gasteiger partial charge on any atom is -0.489 e. The van der Waals surface area contributed by atoms with E-state index in [-0.39, 0.29) is 31.8 Å². The van der Waals surface area contributed by atoms with Crippen LogP contribution >= 0.6 is 0 Å². The topological polar surface area (TPSA) is 52.3 Å². The van der Waals surface area contributed by atoms with Crippen LogP contribution in [0.1, 0.15) is 45.0 Å². The van der Waals surface area contributed by atoms with E-state index in [4.69, 9.17) is 10.5 Å². The summed E-state index contributed by atoms with van der Waals surface area (Å²) in [5.74, 6) is 0.695. The second-order valence-electron chi connectivity index (χ2n) is 5.95. The second-order valence-corrected chi connectivity index (χ2v) is 5.95. The van der Waals surface area contributed by atoms with E-state index < -0.39 is 0 Å². The first-order valence-corrected chi connectivity index (χ1v) is 6.60. The predicted octanol–water partition coefficient (Wildman–Crippen LogP) is 4.13. The van der Waals surface area contributed by atoms with E-state index in [9.17, 15) is 9.18 Å². The van der Waals surface area contributed by atoms with Gasteiger partial charge in [-0.15, -0.1) is 0 Å². The maximum atomic E-state index is 12.3. The van der Waals surface area contributed by atoms with Crippen molar-refractivity contribution in [2.24, 2.45) is 11.1 Å². The van der Waals surface area contributed by atoms with Crippen molar-refractivity contribution in [2.75, 3.05) is 13.2 Å². The van der Waals surface area contributed by atoms with Crippen LogP contribution < -0.4 is 10.5 Å². The number of halogens is 1. The van der Waals surface area contributed by atoms with Crippen molar-refractivity contribution >= 4 is 5.78 Å². The summed E-state index contributed by atoms with van der Waals surface area (Å²) in [7, 11) is 0. The highest BCUT2D eigenvalue weighted by molar-refractivity contribution is 5.96. The molecule has 118 valence electrons. The van der Waals surface area contributed by atoms with Crippen molar-refractivity contribution in [3.8, 4) is 5.75 Å². The fourth-order valence-corrected chi connectivity index (χ4v) is 1.63. The average molecular weight is 295 g/mol. The van der Waals surface area contributed by atoms with Crippen LogP contribution in [-0.2, 0) is 0 Å². The van der Waals surface area contributed by atoms with Gasteiger partial charge in [0.15, 0.2) is 5.78 Å². The van der Waals surface area contributed by atoms with Crippen LogP contribution in [0.5, 0.6) is 5.75 Å². The van der Waals surface area contributed by atoms with Crippen molar-refractivity contribution in [2.45, 2.75) is 34.6 Å². The molecule has 0 aliphatic carbocycles. The smallest absolute Gasteiger partial charge is 0.163 e. The van der Waals surface area contributed by atoms with Crippen LogP contribution in [0.2, 0.25) is 0 Å². The molecule has 0 saturated carbocycles. The molecular formula is C17H26FNO2. The zero-order valence-corrected chi connectivity index (χ0v) is 12.3. The third-order valence-electron chi connectivity index (χ3n) is 2.71. The Bertz CT molecular complexity index is 473. The van der Waals surface area contributed by atoms with Crippen molar-refractivity contribution in [3.05, 3.63) is 41.7 Å². The quantitative estimate of drug-likeness (QED) is 0.803. The fraction of sp³-hybridized carbons (Fsp3) is 0.471. The third-order valence-corrected chi connectivity index (χ3v) is 2.71. The summed E-state index contributed by atoms with van der Waals surface area (Å²) in [4.78, 5) is 12.0. The molecule has 2 N–H and O–H groups in total. The van der Waals surface area contributed by atoms with E-state index in [2.05, 4.69) is 0 Å². The summed E-state index contributed by atoms with van der Waals surface area (Å²) in [5, 5.41) is 0. The number of benzene rings is 1. The third kappa shape index (κ3) is 7.04. The molecule has 4 heteroatoms. The summed E-state index contributed by atoms with van der Waals surface area (Å²) in [5.41, 5.74) is 6.35. The summed E-state index contributed by atoms with van der Waals surface area (Å²) < 4.78 is 17.7. The van der Waals surface area contributed by atoms with Crippen LogP contribution in [-0.4, -0.2) is 18.9 Å². The van der Waals surface area contributed by atoms with Gasteiger partial charge in [-0.05, 0) is 29.7 Å². The molecular weight excluding hydrogens is 269 g/mol. The largest absolute Gasteiger partial charge is 0.489 e. The normalized spacial score (nSPS) is 11.8. The summed E-state index contributed by atoms with van der Waals surface area (Å²) in [6, 6.07) is 6.87. The molecule has 0 unspecified atom stereocenters. The molecule has 0 heterocycles. The second kappa shape index (κ2) is 8.57. The molecule has 1 aromatic carbocycles. The lowest BCUT2D eigenvalue weighted by Gasteiger charge is -2.16. The van der Waals surface area contributed by atoms with Crippen molar-refractivity contribution in [1.82, 2.24) is 0 Å². The molecule has 0 spiro atoms. The Morgan fingerprint density at radius 2 is 1.86 bits per heavy atom. The van der Waals surface area contributed by atoms with Gasteiger partial charge in [0.2, 0.25) is 0 Å². The van der Waals surface area contributed by atoms with Gasteiger partial charge in [-0.25, -0.2) is 4.39 Å². The number of carbonyl (C=O) groups excluding carboxylic acids is 1. The van der Waals surface area contributed by atoms with E-state index in [0.717, 1.165) is 0 Å². The fourth-order valence-electron chi connectivity index (χ4n) is 1.63. The van der Waals surface area contributed by atoms with Gasteiger partial charge in [0, 0.05) is 24.1 Å². The summed E-state index contributed by atoms with van der Waals surface area (Å²) in [6.07, 6.45) is 0.955. The molecule has 0 bridgehead atoms. The van der Waals surface area contributed by atoms with Gasteiger partial charge < -0.3 is 10.5 Å². The first-order chi connectivity index (χ1) is 9.35. The number of hydrogen-bond donors (Lipinski definition) is 1. The van der Waals surface area contributed by atoms with Crippen LogP contribution in [0.4, 0.5) is 4.39 Å². The zero-order chi connectivity index (χ0) is 15.2. The number of hydrogen-bond acceptors (Lipinski definition) is 3. The molecule has 0 aromatic heterocycles. The highest BCUT2D eigenvalue weighted by atomic mass is 19.1. The summed E-state index contributed by atoms with van der Waals surface area (Å²) >= 11 is 0. The first kappa shape index (κ1) is 19.3. The number of rotatable bonds is 6. The van der Waals surface area contributed by atoms with Crippen LogP contribution in [0.25, 0.3) is 0 Å². The van der Waals surface area contributed by atoms with E-state index in [0.29, 0.717) is 29.6 Å². The highest BCUT2D eigenvalue weighted by Gasteiger charge is 2.17. The predicted molar refractivity (Wildman–Crippen MR) is 85.3 cm³/mol. The molecule has 0 aliphatic rings. The van der Waals surface area contributed by atoms with Gasteiger partial charge in [-0.2, -0.15) is 0 Å². The SMILES string of the molecule is C.CC(C)(C)CC(=O)c1ccc(OC/C(=C/F)CN)cc1. The average Bonchev–Trinajstić information content (AvgIpc) is 2.38. The van der Waals surface area contributed by atoms with Gasteiger partial charge >= 0.3 is 0 Å². The lowest BCUT2D eigenvalue weighted by Crippen LogP contribution is -2.13. The minimum absolute atomic E-state index is 0. The van der Waals surface area contributed by atoms with E-state index in [1.165, 1.54) is 0 Å². The molecule has 0 radical (unpaired) electrons. The van der Waals surface area contributed by atoms with E-state index in [1.54, 1.807) is 24.3 Å². The first-order valence-electron chi connectivity index (χ1n) is 6.60. The molecule has 0 amide bonds. The lowest BCUT2D eigenvalue weighted by molar-refractivity contribution is 0.0940. The van der Waals surface area contributed by atoms with Crippen LogP contribution in [0.3, 0.4) is 0 Å². The Morgan fingerprint density at radius 1 is 1.29 bits per heavy atom. The van der Waals surface area contributed by atoms with Gasteiger partial charge in [0.25, 0.3) is 0 Å². The summed E-state index contributed by atoms with van der Waals surface area (Å²) in [6.45, 7) is 6.32. The Kier molecular flexibility index (Phi) is 7.89. The number of ketones is 1. The highest BCUT2D eigenvalue weighted by Crippen LogP contribution is 2.22. The van der Waals surface area contributed by atoms with E-state index in [1.807, 2.05) is 20.8 Å². The molecule has 21 heavy (non-hydrogen) atoms. The Labute approximate surface area is 127 Å². The van der Waals surface area contributed by atoms with Crippen molar-refractivity contribution in [3.63, 3.8) is 0 Å². The van der Waals surface area contributed by atoms with Gasteiger partial charge in [-0.1, -0.05) is 28.2 Å². The number of ether oxygens (including phenoxy) is 1. The number of carbonyl (C=O) groups is 1. The maximum Gasteiger partial charge on any atom is 0.163 e. The van der Waals surface area contributed by atoms with Crippen LogP contribution in [0, 0.1) is 5.41 Å². The molecule has 1 aromatic rings. The Balaban J connectivity index is 0.00000400. The molecule has 0 saturated heterocycles. The molecule has 0 fully saturated rings. The minimum atomic E-state index is -0.0335. The zero-order valence-electron chi connectivity index (χ0n) is 12.3. The number of nitrogens with two attached hydrogens (primary N) is 1. The maximum absolute atomic E-state index is 12.3. The van der Waals surface area contributed by atoms with Gasteiger partial charge in [0.1, 0.15) is 12.4 Å². The monoisotopic (exact) mass is 295 g/mol. The number of Topliss-reactive ketones (excluding diaryl/α,β-unsaturated/α-hetero) is 1. The Morgan fingerprint density at radius 3 is 2.29 bits per heavy atom. The van der Waals surface area contributed by atoms with Gasteiger partial charge in [0.05, 0.1) is 6.33 Å². The standard InChI is InChI=1S/C16H22FNO2.CH4/c1-16(2,3)8-15(19)13-4-6-14(7-5-13)20-11-12(9-17)10-18;/h4-7,9H,8,10-11,18H2,1-3H3;1H4/b12-9+;. The molecule has 3 nitrogen and oxygen atoms in total.